The second kappa shape index (κ2) is 7.00. The fourth-order valence-corrected chi connectivity index (χ4v) is 1.88. The summed E-state index contributed by atoms with van der Waals surface area (Å²) in [7, 11) is 0. The maximum absolute atomic E-state index is 10.9. The third-order valence-corrected chi connectivity index (χ3v) is 3.34. The van der Waals surface area contributed by atoms with Crippen LogP contribution in [0, 0.1) is 12.8 Å². The lowest BCUT2D eigenvalue weighted by Crippen LogP contribution is -2.10. The smallest absolute Gasteiger partial charge is 0.221 e. The molecule has 0 saturated carbocycles. The molecule has 98 valence electrons. The van der Waals surface area contributed by atoms with Gasteiger partial charge in [-0.15, -0.1) is 0 Å². The van der Waals surface area contributed by atoms with Crippen molar-refractivity contribution in [3.8, 4) is 0 Å². The number of allylic oxidation sites excluding steroid dienone is 1. The number of benzene rings is 1. The Bertz CT molecular complexity index is 417. The Morgan fingerprint density at radius 1 is 1.33 bits per heavy atom. The highest BCUT2D eigenvalue weighted by Crippen LogP contribution is 2.20. The second-order valence-corrected chi connectivity index (χ2v) is 4.92. The number of carbonyl (C=O) groups is 1. The SMILES string of the molecule is CCC(C)/C(=C\CC(N)=O)Cc1ccc(C)cc1. The van der Waals surface area contributed by atoms with Crippen LogP contribution in [0.1, 0.15) is 37.8 Å². The van der Waals surface area contributed by atoms with Crippen LogP contribution >= 0.6 is 0 Å². The van der Waals surface area contributed by atoms with Crippen LogP contribution in [0.15, 0.2) is 35.9 Å². The van der Waals surface area contributed by atoms with Gasteiger partial charge in [0.15, 0.2) is 0 Å². The minimum Gasteiger partial charge on any atom is -0.369 e. The van der Waals surface area contributed by atoms with E-state index >= 15 is 0 Å². The third kappa shape index (κ3) is 4.74. The summed E-state index contributed by atoms with van der Waals surface area (Å²) in [5.74, 6) is 0.227. The maximum Gasteiger partial charge on any atom is 0.221 e. The zero-order valence-electron chi connectivity index (χ0n) is 11.6. The van der Waals surface area contributed by atoms with Crippen molar-refractivity contribution in [1.82, 2.24) is 0 Å². The van der Waals surface area contributed by atoms with Gasteiger partial charge in [0.1, 0.15) is 0 Å². The van der Waals surface area contributed by atoms with Gasteiger partial charge in [0, 0.05) is 6.42 Å². The van der Waals surface area contributed by atoms with E-state index < -0.39 is 0 Å². The van der Waals surface area contributed by atoms with Crippen LogP contribution in [0.5, 0.6) is 0 Å². The van der Waals surface area contributed by atoms with Gasteiger partial charge in [0.05, 0.1) is 0 Å². The molecule has 0 aliphatic rings. The predicted molar refractivity (Wildman–Crippen MR) is 76.2 cm³/mol. The minimum atomic E-state index is -0.264. The number of hydrogen-bond acceptors (Lipinski definition) is 1. The van der Waals surface area contributed by atoms with Crippen molar-refractivity contribution in [2.45, 2.75) is 40.0 Å². The molecule has 1 atom stereocenters. The van der Waals surface area contributed by atoms with Crippen molar-refractivity contribution >= 4 is 5.91 Å². The first kappa shape index (κ1) is 14.5. The van der Waals surface area contributed by atoms with Crippen molar-refractivity contribution in [2.24, 2.45) is 11.7 Å². The van der Waals surface area contributed by atoms with E-state index in [0.717, 1.165) is 12.8 Å². The van der Waals surface area contributed by atoms with Gasteiger partial charge in [-0.2, -0.15) is 0 Å². The molecule has 0 heterocycles. The highest BCUT2D eigenvalue weighted by molar-refractivity contribution is 5.75. The van der Waals surface area contributed by atoms with Crippen LogP contribution in [-0.4, -0.2) is 5.91 Å². The van der Waals surface area contributed by atoms with Crippen LogP contribution in [0.2, 0.25) is 0 Å². The van der Waals surface area contributed by atoms with E-state index in [1.165, 1.54) is 16.7 Å². The molecule has 2 nitrogen and oxygen atoms in total. The number of aryl methyl sites for hydroxylation is 1. The molecule has 2 N–H and O–H groups in total. The van der Waals surface area contributed by atoms with Crippen molar-refractivity contribution in [3.05, 3.63) is 47.0 Å². The molecule has 0 aliphatic carbocycles. The van der Waals surface area contributed by atoms with Crippen molar-refractivity contribution < 1.29 is 4.79 Å². The molecule has 1 rings (SSSR count). The number of nitrogens with two attached hydrogens (primary N) is 1. The van der Waals surface area contributed by atoms with Crippen LogP contribution in [0.3, 0.4) is 0 Å². The van der Waals surface area contributed by atoms with Crippen LogP contribution in [0.25, 0.3) is 0 Å². The monoisotopic (exact) mass is 245 g/mol. The fourth-order valence-electron chi connectivity index (χ4n) is 1.88. The van der Waals surface area contributed by atoms with E-state index in [2.05, 4.69) is 45.0 Å². The van der Waals surface area contributed by atoms with Gasteiger partial charge in [0.2, 0.25) is 5.91 Å². The Kier molecular flexibility index (Phi) is 5.63. The van der Waals surface area contributed by atoms with E-state index in [9.17, 15) is 4.79 Å². The van der Waals surface area contributed by atoms with E-state index in [1.54, 1.807) is 0 Å². The summed E-state index contributed by atoms with van der Waals surface area (Å²) in [6.45, 7) is 6.45. The fraction of sp³-hybridized carbons (Fsp3) is 0.438. The molecule has 18 heavy (non-hydrogen) atoms. The Hall–Kier alpha value is -1.57. The van der Waals surface area contributed by atoms with Gasteiger partial charge < -0.3 is 5.73 Å². The van der Waals surface area contributed by atoms with Crippen LogP contribution in [0.4, 0.5) is 0 Å². The first-order valence-corrected chi connectivity index (χ1v) is 6.55. The minimum absolute atomic E-state index is 0.264. The van der Waals surface area contributed by atoms with Crippen LogP contribution in [-0.2, 0) is 11.2 Å². The van der Waals surface area contributed by atoms with Crippen LogP contribution < -0.4 is 5.73 Å². The zero-order chi connectivity index (χ0) is 13.5. The highest BCUT2D eigenvalue weighted by atomic mass is 16.1. The Labute approximate surface area is 110 Å². The number of amides is 1. The first-order chi connectivity index (χ1) is 8.52. The first-order valence-electron chi connectivity index (χ1n) is 6.55. The molecule has 1 amide bonds. The van der Waals surface area contributed by atoms with E-state index in [4.69, 9.17) is 5.73 Å². The normalized spacial score (nSPS) is 13.4. The van der Waals surface area contributed by atoms with Crippen molar-refractivity contribution in [1.29, 1.82) is 0 Å². The number of carbonyl (C=O) groups excluding carboxylic acids is 1. The average Bonchev–Trinajstić information content (AvgIpc) is 2.35. The molecule has 2 heteroatoms. The lowest BCUT2D eigenvalue weighted by molar-refractivity contribution is -0.117. The number of rotatable bonds is 6. The van der Waals surface area contributed by atoms with E-state index in [-0.39, 0.29) is 5.91 Å². The lowest BCUT2D eigenvalue weighted by Gasteiger charge is -2.14. The van der Waals surface area contributed by atoms with Crippen molar-refractivity contribution in [2.75, 3.05) is 0 Å². The second-order valence-electron chi connectivity index (χ2n) is 4.92. The molecule has 1 aromatic carbocycles. The summed E-state index contributed by atoms with van der Waals surface area (Å²) < 4.78 is 0. The van der Waals surface area contributed by atoms with Crippen molar-refractivity contribution in [3.63, 3.8) is 0 Å². The molecular weight excluding hydrogens is 222 g/mol. The molecule has 0 saturated heterocycles. The topological polar surface area (TPSA) is 43.1 Å². The van der Waals surface area contributed by atoms with Gasteiger partial charge in [-0.1, -0.05) is 55.3 Å². The molecule has 0 fully saturated rings. The quantitative estimate of drug-likeness (QED) is 0.767. The number of primary amides is 1. The average molecular weight is 245 g/mol. The Morgan fingerprint density at radius 2 is 1.94 bits per heavy atom. The predicted octanol–water partition coefficient (Wildman–Crippen LogP) is 3.39. The van der Waals surface area contributed by atoms with Gasteiger partial charge in [-0.05, 0) is 31.2 Å². The lowest BCUT2D eigenvalue weighted by atomic mass is 9.91. The zero-order valence-corrected chi connectivity index (χ0v) is 11.6. The van der Waals surface area contributed by atoms with Gasteiger partial charge in [-0.3, -0.25) is 4.79 Å². The van der Waals surface area contributed by atoms with E-state index in [0.29, 0.717) is 12.3 Å². The summed E-state index contributed by atoms with van der Waals surface area (Å²) in [6, 6.07) is 8.54. The highest BCUT2D eigenvalue weighted by Gasteiger charge is 2.08. The molecule has 0 spiro atoms. The molecule has 1 unspecified atom stereocenters. The largest absolute Gasteiger partial charge is 0.369 e. The van der Waals surface area contributed by atoms with Gasteiger partial charge in [0.25, 0.3) is 0 Å². The summed E-state index contributed by atoms with van der Waals surface area (Å²) >= 11 is 0. The molecule has 0 aliphatic heterocycles. The molecule has 0 bridgehead atoms. The standard InChI is InChI=1S/C16H23NO/c1-4-13(3)15(9-10-16(17)18)11-14-7-5-12(2)6-8-14/h5-9,13H,4,10-11H2,1-3H3,(H2,17,18)/b15-9-. The third-order valence-electron chi connectivity index (χ3n) is 3.34. The Balaban J connectivity index is 2.81. The molecule has 1 aromatic rings. The maximum atomic E-state index is 10.9. The summed E-state index contributed by atoms with van der Waals surface area (Å²) in [5, 5.41) is 0. The summed E-state index contributed by atoms with van der Waals surface area (Å²) in [4.78, 5) is 10.9. The molecule has 0 radical (unpaired) electrons. The number of hydrogen-bond donors (Lipinski definition) is 1. The van der Waals surface area contributed by atoms with E-state index in [1.807, 2.05) is 6.08 Å². The molecular formula is C16H23NO. The van der Waals surface area contributed by atoms with Gasteiger partial charge >= 0.3 is 0 Å². The molecule has 0 aromatic heterocycles. The summed E-state index contributed by atoms with van der Waals surface area (Å²) in [5.41, 5.74) is 9.07. The summed E-state index contributed by atoms with van der Waals surface area (Å²) in [6.07, 6.45) is 4.32. The Morgan fingerprint density at radius 3 is 2.44 bits per heavy atom. The van der Waals surface area contributed by atoms with Gasteiger partial charge in [-0.25, -0.2) is 0 Å².